The summed E-state index contributed by atoms with van der Waals surface area (Å²) < 4.78 is 5.13. The van der Waals surface area contributed by atoms with Crippen molar-refractivity contribution >= 4 is 0 Å². The fourth-order valence-corrected chi connectivity index (χ4v) is 1.50. The Balaban J connectivity index is 0. The maximum Gasteiger partial charge on any atom is 0.0463 e. The summed E-state index contributed by atoms with van der Waals surface area (Å²) in [7, 11) is 0. The summed E-state index contributed by atoms with van der Waals surface area (Å²) in [6.07, 6.45) is 10.2. The fourth-order valence-electron chi connectivity index (χ4n) is 1.50. The summed E-state index contributed by atoms with van der Waals surface area (Å²) in [5, 5.41) is 16.9. The summed E-state index contributed by atoms with van der Waals surface area (Å²) in [6, 6.07) is 0. The van der Waals surface area contributed by atoms with Crippen LogP contribution < -0.4 is 0 Å². The predicted octanol–water partition coefficient (Wildman–Crippen LogP) is 3.52. The van der Waals surface area contributed by atoms with E-state index in [1.165, 1.54) is 19.3 Å². The van der Waals surface area contributed by atoms with Gasteiger partial charge in [-0.3, -0.25) is 0 Å². The zero-order valence-corrected chi connectivity index (χ0v) is 12.5. The van der Waals surface area contributed by atoms with E-state index in [0.29, 0.717) is 13.2 Å². The lowest BCUT2D eigenvalue weighted by Gasteiger charge is -1.98. The van der Waals surface area contributed by atoms with Gasteiger partial charge in [0.1, 0.15) is 0 Å². The molecule has 112 valence electrons. The van der Waals surface area contributed by atoms with E-state index in [1.54, 1.807) is 0 Å². The van der Waals surface area contributed by atoms with Crippen molar-refractivity contribution < 1.29 is 14.9 Å². The second-order valence-corrected chi connectivity index (χ2v) is 4.53. The molecule has 0 aromatic carbocycles. The third-order valence-corrected chi connectivity index (χ3v) is 2.51. The Morgan fingerprint density at radius 3 is 1.22 bits per heavy atom. The molecule has 0 rings (SSSR count). The van der Waals surface area contributed by atoms with Crippen LogP contribution in [-0.2, 0) is 4.74 Å². The molecule has 0 saturated carbocycles. The number of hydrogen-bond acceptors (Lipinski definition) is 3. The van der Waals surface area contributed by atoms with Crippen LogP contribution in [0.4, 0.5) is 0 Å². The van der Waals surface area contributed by atoms with Gasteiger partial charge in [0.25, 0.3) is 0 Å². The van der Waals surface area contributed by atoms with E-state index in [4.69, 9.17) is 14.9 Å². The summed E-state index contributed by atoms with van der Waals surface area (Å²) in [5.74, 6) is 0. The van der Waals surface area contributed by atoms with Crippen LogP contribution in [0, 0.1) is 0 Å². The lowest BCUT2D eigenvalue weighted by molar-refractivity contribution is 0.135. The van der Waals surface area contributed by atoms with Gasteiger partial charge in [-0.1, -0.05) is 46.0 Å². The molecule has 0 fully saturated rings. The lowest BCUT2D eigenvalue weighted by Crippen LogP contribution is -1.92. The zero-order valence-electron chi connectivity index (χ0n) is 12.5. The predicted molar refractivity (Wildman–Crippen MR) is 77.9 cm³/mol. The Hall–Kier alpha value is -0.120. The molecule has 3 heteroatoms. The molecule has 2 N–H and O–H groups in total. The third-order valence-electron chi connectivity index (χ3n) is 2.51. The second-order valence-electron chi connectivity index (χ2n) is 4.53. The first-order valence-corrected chi connectivity index (χ1v) is 7.62. The molecule has 18 heavy (non-hydrogen) atoms. The van der Waals surface area contributed by atoms with Crippen LogP contribution in [-0.4, -0.2) is 36.6 Å². The summed E-state index contributed by atoms with van der Waals surface area (Å²) in [5.41, 5.74) is 0. The van der Waals surface area contributed by atoms with Gasteiger partial charge in [-0.25, -0.2) is 0 Å². The zero-order chi connectivity index (χ0) is 13.9. The highest BCUT2D eigenvalue weighted by Gasteiger charge is 1.89. The Labute approximate surface area is 114 Å². The number of rotatable bonds is 12. The summed E-state index contributed by atoms with van der Waals surface area (Å²) in [4.78, 5) is 0. The van der Waals surface area contributed by atoms with Gasteiger partial charge in [0, 0.05) is 26.4 Å². The van der Waals surface area contributed by atoms with Crippen LogP contribution in [0.15, 0.2) is 0 Å². The van der Waals surface area contributed by atoms with Crippen LogP contribution >= 0.6 is 0 Å². The van der Waals surface area contributed by atoms with Gasteiger partial charge in [-0.15, -0.1) is 0 Å². The van der Waals surface area contributed by atoms with Crippen LogP contribution in [0.5, 0.6) is 0 Å². The van der Waals surface area contributed by atoms with E-state index in [9.17, 15) is 0 Å². The molecule has 0 aliphatic carbocycles. The van der Waals surface area contributed by atoms with Gasteiger partial charge in [-0.2, -0.15) is 0 Å². The molecule has 0 aliphatic heterocycles. The molecule has 3 nitrogen and oxygen atoms in total. The first kappa shape index (κ1) is 20.2. The molecule has 0 bridgehead atoms. The molecular weight excluding hydrogens is 228 g/mol. The number of aliphatic hydroxyl groups excluding tert-OH is 2. The van der Waals surface area contributed by atoms with E-state index >= 15 is 0 Å². The van der Waals surface area contributed by atoms with E-state index in [2.05, 4.69) is 13.8 Å². The molecule has 0 amide bonds. The number of unbranched alkanes of at least 4 members (excludes halogenated alkanes) is 6. The highest BCUT2D eigenvalue weighted by atomic mass is 16.5. The Bertz CT molecular complexity index is 106. The Kier molecular flexibility index (Phi) is 24.8. The van der Waals surface area contributed by atoms with Crippen molar-refractivity contribution in [1.82, 2.24) is 0 Å². The van der Waals surface area contributed by atoms with Gasteiger partial charge in [0.2, 0.25) is 0 Å². The van der Waals surface area contributed by atoms with E-state index in [1.807, 2.05) is 0 Å². The molecule has 0 spiro atoms. The second kappa shape index (κ2) is 22.1. The Morgan fingerprint density at radius 2 is 0.944 bits per heavy atom. The highest BCUT2D eigenvalue weighted by Crippen LogP contribution is 2.06. The standard InChI is InChI=1S/C9H20O2.C6H14O/c10-8-6-4-2-1-3-5-7-9-11;1-3-5-7-6-4-2/h10-11H,1-9H2;3-6H2,1-2H3. The smallest absolute Gasteiger partial charge is 0.0463 e. The van der Waals surface area contributed by atoms with E-state index in [-0.39, 0.29) is 0 Å². The van der Waals surface area contributed by atoms with Crippen molar-refractivity contribution in [3.05, 3.63) is 0 Å². The molecule has 0 unspecified atom stereocenters. The minimum Gasteiger partial charge on any atom is -0.396 e. The van der Waals surface area contributed by atoms with Crippen LogP contribution in [0.25, 0.3) is 0 Å². The minimum absolute atomic E-state index is 0.330. The topological polar surface area (TPSA) is 49.7 Å². The monoisotopic (exact) mass is 262 g/mol. The normalized spacial score (nSPS) is 10.0. The first-order chi connectivity index (χ1) is 8.83. The quantitative estimate of drug-likeness (QED) is 0.529. The van der Waals surface area contributed by atoms with Crippen molar-refractivity contribution in [2.75, 3.05) is 26.4 Å². The average molecular weight is 262 g/mol. The molecule has 0 aliphatic rings. The molecular formula is C15H34O3. The molecule has 0 saturated heterocycles. The number of aliphatic hydroxyl groups is 2. The van der Waals surface area contributed by atoms with Gasteiger partial charge in [0.05, 0.1) is 0 Å². The van der Waals surface area contributed by atoms with Gasteiger partial charge in [0.15, 0.2) is 0 Å². The van der Waals surface area contributed by atoms with Gasteiger partial charge >= 0.3 is 0 Å². The fraction of sp³-hybridized carbons (Fsp3) is 1.00. The van der Waals surface area contributed by atoms with Crippen molar-refractivity contribution in [3.8, 4) is 0 Å². The molecule has 0 heterocycles. The summed E-state index contributed by atoms with van der Waals surface area (Å²) in [6.45, 7) is 6.75. The van der Waals surface area contributed by atoms with Crippen LogP contribution in [0.3, 0.4) is 0 Å². The first-order valence-electron chi connectivity index (χ1n) is 7.62. The average Bonchev–Trinajstić information content (AvgIpc) is 2.39. The largest absolute Gasteiger partial charge is 0.396 e. The number of ether oxygens (including phenoxy) is 1. The van der Waals surface area contributed by atoms with Crippen molar-refractivity contribution in [1.29, 1.82) is 0 Å². The van der Waals surface area contributed by atoms with Crippen LogP contribution in [0.1, 0.15) is 71.6 Å². The van der Waals surface area contributed by atoms with E-state index < -0.39 is 0 Å². The lowest BCUT2D eigenvalue weighted by atomic mass is 10.1. The third kappa shape index (κ3) is 24.9. The molecule has 0 radical (unpaired) electrons. The van der Waals surface area contributed by atoms with Crippen LogP contribution in [0.2, 0.25) is 0 Å². The van der Waals surface area contributed by atoms with Crippen molar-refractivity contribution in [2.45, 2.75) is 71.6 Å². The molecule has 0 aromatic heterocycles. The maximum absolute atomic E-state index is 8.47. The molecule has 0 atom stereocenters. The Morgan fingerprint density at radius 1 is 0.611 bits per heavy atom. The van der Waals surface area contributed by atoms with Crippen molar-refractivity contribution in [3.63, 3.8) is 0 Å². The van der Waals surface area contributed by atoms with Crippen molar-refractivity contribution in [2.24, 2.45) is 0 Å². The highest BCUT2D eigenvalue weighted by molar-refractivity contribution is 4.44. The van der Waals surface area contributed by atoms with E-state index in [0.717, 1.165) is 51.7 Å². The maximum atomic E-state index is 8.47. The molecule has 0 aromatic rings. The number of hydrogen-bond donors (Lipinski definition) is 2. The minimum atomic E-state index is 0.330. The van der Waals surface area contributed by atoms with Gasteiger partial charge < -0.3 is 14.9 Å². The summed E-state index contributed by atoms with van der Waals surface area (Å²) >= 11 is 0. The SMILES string of the molecule is CCCOCCC.OCCCCCCCCCO. The van der Waals surface area contributed by atoms with Gasteiger partial charge in [-0.05, 0) is 25.7 Å².